The number of anilines is 1. The van der Waals surface area contributed by atoms with Gasteiger partial charge in [-0.1, -0.05) is 12.8 Å². The molecule has 0 radical (unpaired) electrons. The minimum atomic E-state index is 0.424. The first-order valence-corrected chi connectivity index (χ1v) is 6.80. The van der Waals surface area contributed by atoms with Gasteiger partial charge in [-0.3, -0.25) is 4.68 Å². The second kappa shape index (κ2) is 4.60. The topological polar surface area (TPSA) is 87.4 Å². The van der Waals surface area contributed by atoms with Crippen molar-refractivity contribution in [2.24, 2.45) is 7.05 Å². The molecule has 0 spiro atoms. The van der Waals surface area contributed by atoms with Gasteiger partial charge in [0.15, 0.2) is 0 Å². The van der Waals surface area contributed by atoms with E-state index in [1.165, 1.54) is 24.6 Å². The van der Waals surface area contributed by atoms with Crippen molar-refractivity contribution in [1.82, 2.24) is 30.0 Å². The van der Waals surface area contributed by atoms with E-state index < -0.39 is 0 Å². The summed E-state index contributed by atoms with van der Waals surface area (Å²) in [4.78, 5) is 0. The summed E-state index contributed by atoms with van der Waals surface area (Å²) in [7, 11) is 1.85. The third kappa shape index (κ3) is 2.07. The van der Waals surface area contributed by atoms with Gasteiger partial charge in [-0.25, -0.2) is 4.68 Å². The Balaban J connectivity index is 1.84. The van der Waals surface area contributed by atoms with E-state index in [-0.39, 0.29) is 0 Å². The number of rotatable bonds is 3. The molecule has 0 unspecified atom stereocenters. The van der Waals surface area contributed by atoms with Crippen molar-refractivity contribution in [1.29, 1.82) is 0 Å². The minimum Gasteiger partial charge on any atom is -0.395 e. The zero-order valence-electron chi connectivity index (χ0n) is 10.2. The van der Waals surface area contributed by atoms with Crippen molar-refractivity contribution in [3.8, 4) is 0 Å². The van der Waals surface area contributed by atoms with E-state index in [4.69, 9.17) is 5.73 Å². The Morgan fingerprint density at radius 2 is 2.17 bits per heavy atom. The van der Waals surface area contributed by atoms with Crippen LogP contribution in [-0.4, -0.2) is 30.0 Å². The van der Waals surface area contributed by atoms with Crippen LogP contribution in [0.5, 0.6) is 0 Å². The number of nitrogens with two attached hydrogens (primary N) is 1. The Kier molecular flexibility index (Phi) is 2.94. The molecule has 7 nitrogen and oxygen atoms in total. The SMILES string of the molecule is Cn1cc(N)c(Sc2nnnn2C2CCCC2)n1. The second-order valence-corrected chi connectivity index (χ2v) is 5.47. The molecule has 2 aromatic rings. The Morgan fingerprint density at radius 3 is 2.83 bits per heavy atom. The highest BCUT2D eigenvalue weighted by Crippen LogP contribution is 2.34. The third-order valence-electron chi connectivity index (χ3n) is 3.14. The molecule has 1 aliphatic rings. The van der Waals surface area contributed by atoms with Gasteiger partial charge in [-0.05, 0) is 35.0 Å². The number of tetrazole rings is 1. The summed E-state index contributed by atoms with van der Waals surface area (Å²) in [5.41, 5.74) is 6.54. The second-order valence-electron chi connectivity index (χ2n) is 4.51. The highest BCUT2D eigenvalue weighted by molar-refractivity contribution is 7.99. The van der Waals surface area contributed by atoms with Crippen molar-refractivity contribution >= 4 is 17.4 Å². The number of nitrogen functional groups attached to an aromatic ring is 1. The van der Waals surface area contributed by atoms with Gasteiger partial charge in [0, 0.05) is 13.2 Å². The Bertz CT molecular complexity index is 540. The molecule has 0 bridgehead atoms. The monoisotopic (exact) mass is 265 g/mol. The van der Waals surface area contributed by atoms with Crippen LogP contribution in [0.3, 0.4) is 0 Å². The van der Waals surface area contributed by atoms with Gasteiger partial charge in [0.1, 0.15) is 5.03 Å². The number of aryl methyl sites for hydroxylation is 1. The molecule has 0 saturated heterocycles. The van der Waals surface area contributed by atoms with Crippen molar-refractivity contribution in [2.75, 3.05) is 5.73 Å². The van der Waals surface area contributed by atoms with Crippen LogP contribution in [0.1, 0.15) is 31.7 Å². The predicted molar refractivity (Wildman–Crippen MR) is 67.1 cm³/mol. The maximum absolute atomic E-state index is 5.88. The van der Waals surface area contributed by atoms with E-state index in [0.29, 0.717) is 11.7 Å². The lowest BCUT2D eigenvalue weighted by atomic mass is 10.3. The Morgan fingerprint density at radius 1 is 1.39 bits per heavy atom. The van der Waals surface area contributed by atoms with Crippen LogP contribution in [-0.2, 0) is 7.05 Å². The highest BCUT2D eigenvalue weighted by Gasteiger charge is 2.22. The Labute approximate surface area is 109 Å². The molecule has 96 valence electrons. The van der Waals surface area contributed by atoms with Gasteiger partial charge in [0.25, 0.3) is 0 Å². The quantitative estimate of drug-likeness (QED) is 0.898. The molecule has 1 fully saturated rings. The van der Waals surface area contributed by atoms with Gasteiger partial charge in [0.05, 0.1) is 11.7 Å². The van der Waals surface area contributed by atoms with Gasteiger partial charge in [-0.2, -0.15) is 5.10 Å². The van der Waals surface area contributed by atoms with Crippen LogP contribution >= 0.6 is 11.8 Å². The van der Waals surface area contributed by atoms with Crippen molar-refractivity contribution in [3.05, 3.63) is 6.20 Å². The summed E-state index contributed by atoms with van der Waals surface area (Å²) in [5, 5.41) is 17.7. The summed E-state index contributed by atoms with van der Waals surface area (Å²) in [6.07, 6.45) is 6.58. The summed E-state index contributed by atoms with van der Waals surface area (Å²) in [5.74, 6) is 0. The predicted octanol–water partition coefficient (Wildman–Crippen LogP) is 1.26. The standard InChI is InChI=1S/C10H15N7S/c1-16-6-8(11)9(13-16)18-10-12-14-15-17(10)7-4-2-3-5-7/h6-7H,2-5,11H2,1H3. The molecule has 0 atom stereocenters. The van der Waals surface area contributed by atoms with Gasteiger partial charge < -0.3 is 5.73 Å². The maximum atomic E-state index is 5.88. The summed E-state index contributed by atoms with van der Waals surface area (Å²) in [6, 6.07) is 0.424. The average molecular weight is 265 g/mol. The van der Waals surface area contributed by atoms with E-state index in [1.54, 1.807) is 10.9 Å². The van der Waals surface area contributed by atoms with Crippen molar-refractivity contribution in [2.45, 2.75) is 41.9 Å². The molecule has 2 heterocycles. The smallest absolute Gasteiger partial charge is 0.216 e. The van der Waals surface area contributed by atoms with Crippen LogP contribution in [0.4, 0.5) is 5.69 Å². The van der Waals surface area contributed by atoms with Crippen LogP contribution in [0, 0.1) is 0 Å². The van der Waals surface area contributed by atoms with E-state index in [2.05, 4.69) is 20.6 Å². The van der Waals surface area contributed by atoms with Crippen molar-refractivity contribution in [3.63, 3.8) is 0 Å². The molecule has 0 aliphatic heterocycles. The van der Waals surface area contributed by atoms with Crippen LogP contribution in [0.25, 0.3) is 0 Å². The van der Waals surface area contributed by atoms with E-state index >= 15 is 0 Å². The molecule has 2 aromatic heterocycles. The zero-order chi connectivity index (χ0) is 12.5. The number of hydrogen-bond donors (Lipinski definition) is 1. The maximum Gasteiger partial charge on any atom is 0.216 e. The molecule has 8 heteroatoms. The van der Waals surface area contributed by atoms with Crippen molar-refractivity contribution < 1.29 is 0 Å². The first kappa shape index (κ1) is 11.5. The first-order valence-electron chi connectivity index (χ1n) is 5.99. The summed E-state index contributed by atoms with van der Waals surface area (Å²) < 4.78 is 3.60. The fraction of sp³-hybridized carbons (Fsp3) is 0.600. The van der Waals surface area contributed by atoms with E-state index in [0.717, 1.165) is 23.0 Å². The molecular formula is C10H15N7S. The number of aromatic nitrogens is 6. The van der Waals surface area contributed by atoms with Crippen LogP contribution in [0.15, 0.2) is 16.4 Å². The first-order chi connectivity index (χ1) is 8.74. The fourth-order valence-corrected chi connectivity index (χ4v) is 3.15. The van der Waals surface area contributed by atoms with Crippen LogP contribution in [0.2, 0.25) is 0 Å². The van der Waals surface area contributed by atoms with Crippen LogP contribution < -0.4 is 5.73 Å². The van der Waals surface area contributed by atoms with E-state index in [1.807, 2.05) is 11.7 Å². The molecule has 1 aliphatic carbocycles. The third-order valence-corrected chi connectivity index (χ3v) is 4.10. The molecule has 18 heavy (non-hydrogen) atoms. The Hall–Kier alpha value is -1.57. The van der Waals surface area contributed by atoms with E-state index in [9.17, 15) is 0 Å². The lowest BCUT2D eigenvalue weighted by Crippen LogP contribution is -2.08. The summed E-state index contributed by atoms with van der Waals surface area (Å²) in [6.45, 7) is 0. The lowest BCUT2D eigenvalue weighted by molar-refractivity contribution is 0.423. The normalized spacial score (nSPS) is 16.5. The summed E-state index contributed by atoms with van der Waals surface area (Å²) >= 11 is 1.43. The number of nitrogens with zero attached hydrogens (tertiary/aromatic N) is 6. The number of hydrogen-bond acceptors (Lipinski definition) is 6. The highest BCUT2D eigenvalue weighted by atomic mass is 32.2. The molecular weight excluding hydrogens is 250 g/mol. The van der Waals surface area contributed by atoms with Gasteiger partial charge in [0.2, 0.25) is 5.16 Å². The largest absolute Gasteiger partial charge is 0.395 e. The fourth-order valence-electron chi connectivity index (χ4n) is 2.28. The molecule has 0 aromatic carbocycles. The molecule has 0 amide bonds. The average Bonchev–Trinajstić information content (AvgIpc) is 3.01. The lowest BCUT2D eigenvalue weighted by Gasteiger charge is -2.09. The van der Waals surface area contributed by atoms with Gasteiger partial charge >= 0.3 is 0 Å². The zero-order valence-corrected chi connectivity index (χ0v) is 11.0. The van der Waals surface area contributed by atoms with Gasteiger partial charge in [-0.15, -0.1) is 5.10 Å². The minimum absolute atomic E-state index is 0.424. The molecule has 3 rings (SSSR count). The molecule has 1 saturated carbocycles. The molecule has 2 N–H and O–H groups in total.